The van der Waals surface area contributed by atoms with Gasteiger partial charge in [0.15, 0.2) is 0 Å². The first-order valence-corrected chi connectivity index (χ1v) is 8.39. The van der Waals surface area contributed by atoms with Gasteiger partial charge in [0.1, 0.15) is 0 Å². The number of anilines is 2. The molecule has 1 aromatic heterocycles. The number of aromatic nitrogens is 2. The van der Waals surface area contributed by atoms with Crippen LogP contribution in [0.25, 0.3) is 0 Å². The third-order valence-electron chi connectivity index (χ3n) is 5.14. The van der Waals surface area contributed by atoms with Crippen LogP contribution >= 0.6 is 0 Å². The van der Waals surface area contributed by atoms with Crippen molar-refractivity contribution in [3.63, 3.8) is 0 Å². The van der Waals surface area contributed by atoms with Crippen molar-refractivity contribution in [2.75, 3.05) is 36.5 Å². The zero-order chi connectivity index (χ0) is 14.9. The number of aryl methyl sites for hydroxylation is 1. The lowest BCUT2D eigenvalue weighted by Crippen LogP contribution is -2.35. The van der Waals surface area contributed by atoms with Crippen molar-refractivity contribution >= 4 is 11.4 Å². The van der Waals surface area contributed by atoms with Crippen molar-refractivity contribution in [1.29, 1.82) is 0 Å². The minimum atomic E-state index is 0.565. The molecule has 0 aliphatic carbocycles. The molecular formula is C18H24N4. The Morgan fingerprint density at radius 1 is 1.14 bits per heavy atom. The summed E-state index contributed by atoms with van der Waals surface area (Å²) in [6, 6.07) is 9.61. The Bertz CT molecular complexity index is 627. The summed E-state index contributed by atoms with van der Waals surface area (Å²) in [6.45, 7) is 3.43. The van der Waals surface area contributed by atoms with Gasteiger partial charge in [0, 0.05) is 50.5 Å². The van der Waals surface area contributed by atoms with Crippen LogP contribution in [0.5, 0.6) is 0 Å². The standard InChI is InChI=1S/C18H24N4/c1-20-10-2-4-15-14-17(5-6-18(15)20)21-12-7-16(8-13-21)22-11-3-9-19-22/h3,5-6,9,11,14,16H,2,4,7-8,10,12-13H2,1H3. The maximum absolute atomic E-state index is 4.40. The molecule has 0 saturated carbocycles. The summed E-state index contributed by atoms with van der Waals surface area (Å²) in [6.07, 6.45) is 8.82. The second kappa shape index (κ2) is 5.67. The van der Waals surface area contributed by atoms with Crippen LogP contribution in [0.4, 0.5) is 11.4 Å². The molecule has 0 amide bonds. The number of benzene rings is 1. The summed E-state index contributed by atoms with van der Waals surface area (Å²) >= 11 is 0. The van der Waals surface area contributed by atoms with Gasteiger partial charge in [0.2, 0.25) is 0 Å². The predicted molar refractivity (Wildman–Crippen MR) is 90.7 cm³/mol. The first kappa shape index (κ1) is 13.7. The van der Waals surface area contributed by atoms with Gasteiger partial charge in [-0.15, -0.1) is 0 Å². The highest BCUT2D eigenvalue weighted by molar-refractivity contribution is 5.63. The molecule has 4 nitrogen and oxygen atoms in total. The molecule has 0 bridgehead atoms. The number of hydrogen-bond acceptors (Lipinski definition) is 3. The number of piperidine rings is 1. The second-order valence-electron chi connectivity index (χ2n) is 6.54. The van der Waals surface area contributed by atoms with Crippen LogP contribution in [-0.2, 0) is 6.42 Å². The maximum Gasteiger partial charge on any atom is 0.0552 e. The summed E-state index contributed by atoms with van der Waals surface area (Å²) < 4.78 is 2.12. The largest absolute Gasteiger partial charge is 0.374 e. The number of hydrogen-bond donors (Lipinski definition) is 0. The molecule has 22 heavy (non-hydrogen) atoms. The number of nitrogens with zero attached hydrogens (tertiary/aromatic N) is 4. The van der Waals surface area contributed by atoms with E-state index in [0.717, 1.165) is 13.1 Å². The Labute approximate surface area is 132 Å². The van der Waals surface area contributed by atoms with Crippen LogP contribution in [0.1, 0.15) is 30.9 Å². The van der Waals surface area contributed by atoms with Gasteiger partial charge in [-0.05, 0) is 55.5 Å². The Morgan fingerprint density at radius 2 is 2.00 bits per heavy atom. The van der Waals surface area contributed by atoms with Crippen LogP contribution in [0.15, 0.2) is 36.7 Å². The number of rotatable bonds is 2. The van der Waals surface area contributed by atoms with Crippen LogP contribution in [-0.4, -0.2) is 36.5 Å². The quantitative estimate of drug-likeness (QED) is 0.851. The minimum Gasteiger partial charge on any atom is -0.374 e. The molecule has 116 valence electrons. The average Bonchev–Trinajstić information content (AvgIpc) is 3.09. The highest BCUT2D eigenvalue weighted by atomic mass is 15.3. The zero-order valence-electron chi connectivity index (χ0n) is 13.3. The Kier molecular flexibility index (Phi) is 3.53. The van der Waals surface area contributed by atoms with Crippen molar-refractivity contribution in [1.82, 2.24) is 9.78 Å². The van der Waals surface area contributed by atoms with E-state index in [-0.39, 0.29) is 0 Å². The molecule has 1 fully saturated rings. The average molecular weight is 296 g/mol. The van der Waals surface area contributed by atoms with Crippen molar-refractivity contribution in [3.8, 4) is 0 Å². The fourth-order valence-corrected chi connectivity index (χ4v) is 3.85. The molecule has 4 heteroatoms. The van der Waals surface area contributed by atoms with E-state index in [0.29, 0.717) is 6.04 Å². The second-order valence-corrected chi connectivity index (χ2v) is 6.54. The first-order valence-electron chi connectivity index (χ1n) is 8.39. The van der Waals surface area contributed by atoms with Gasteiger partial charge in [0.05, 0.1) is 6.04 Å². The van der Waals surface area contributed by atoms with Crippen LogP contribution in [0, 0.1) is 0 Å². The molecule has 0 unspecified atom stereocenters. The summed E-state index contributed by atoms with van der Waals surface area (Å²) in [5, 5.41) is 4.40. The molecule has 0 radical (unpaired) electrons. The molecule has 3 heterocycles. The summed E-state index contributed by atoms with van der Waals surface area (Å²) in [5.41, 5.74) is 4.33. The van der Waals surface area contributed by atoms with E-state index in [4.69, 9.17) is 0 Å². The van der Waals surface area contributed by atoms with E-state index < -0.39 is 0 Å². The van der Waals surface area contributed by atoms with E-state index in [1.807, 2.05) is 12.3 Å². The van der Waals surface area contributed by atoms with E-state index in [1.54, 1.807) is 0 Å². The van der Waals surface area contributed by atoms with E-state index in [2.05, 4.69) is 51.0 Å². The van der Waals surface area contributed by atoms with Crippen molar-refractivity contribution < 1.29 is 0 Å². The van der Waals surface area contributed by atoms with Crippen molar-refractivity contribution in [2.45, 2.75) is 31.7 Å². The van der Waals surface area contributed by atoms with Crippen molar-refractivity contribution in [2.24, 2.45) is 0 Å². The topological polar surface area (TPSA) is 24.3 Å². The Morgan fingerprint density at radius 3 is 2.77 bits per heavy atom. The minimum absolute atomic E-state index is 0.565. The van der Waals surface area contributed by atoms with Gasteiger partial charge < -0.3 is 9.80 Å². The third kappa shape index (κ3) is 2.47. The Hall–Kier alpha value is -1.97. The molecule has 1 aromatic carbocycles. The van der Waals surface area contributed by atoms with Gasteiger partial charge in [-0.25, -0.2) is 0 Å². The highest BCUT2D eigenvalue weighted by Gasteiger charge is 2.22. The lowest BCUT2D eigenvalue weighted by atomic mass is 9.99. The van der Waals surface area contributed by atoms with Gasteiger partial charge in [-0.3, -0.25) is 4.68 Å². The van der Waals surface area contributed by atoms with Gasteiger partial charge in [-0.2, -0.15) is 5.10 Å². The molecule has 0 atom stereocenters. The van der Waals surface area contributed by atoms with Gasteiger partial charge in [0.25, 0.3) is 0 Å². The fourth-order valence-electron chi connectivity index (χ4n) is 3.85. The SMILES string of the molecule is CN1CCCc2cc(N3CCC(n4cccn4)CC3)ccc21. The monoisotopic (exact) mass is 296 g/mol. The first-order chi connectivity index (χ1) is 10.8. The molecule has 0 N–H and O–H groups in total. The van der Waals surface area contributed by atoms with Crippen LogP contribution in [0.2, 0.25) is 0 Å². The van der Waals surface area contributed by atoms with Gasteiger partial charge in [-0.1, -0.05) is 0 Å². The van der Waals surface area contributed by atoms with Gasteiger partial charge >= 0.3 is 0 Å². The van der Waals surface area contributed by atoms with Crippen LogP contribution in [0.3, 0.4) is 0 Å². The fraction of sp³-hybridized carbons (Fsp3) is 0.500. The van der Waals surface area contributed by atoms with E-state index in [1.165, 1.54) is 49.2 Å². The molecule has 1 saturated heterocycles. The molecule has 2 aromatic rings. The maximum atomic E-state index is 4.40. The van der Waals surface area contributed by atoms with E-state index in [9.17, 15) is 0 Å². The molecular weight excluding hydrogens is 272 g/mol. The molecule has 0 spiro atoms. The zero-order valence-corrected chi connectivity index (χ0v) is 13.3. The number of fused-ring (bicyclic) bond motifs is 1. The Balaban J connectivity index is 1.47. The third-order valence-corrected chi connectivity index (χ3v) is 5.14. The molecule has 4 rings (SSSR count). The predicted octanol–water partition coefficient (Wildman–Crippen LogP) is 3.11. The summed E-state index contributed by atoms with van der Waals surface area (Å²) in [4.78, 5) is 4.92. The normalized spacial score (nSPS) is 19.3. The molecule has 2 aliphatic heterocycles. The summed E-state index contributed by atoms with van der Waals surface area (Å²) in [7, 11) is 2.20. The highest BCUT2D eigenvalue weighted by Crippen LogP contribution is 2.32. The van der Waals surface area contributed by atoms with E-state index >= 15 is 0 Å². The lowest BCUT2D eigenvalue weighted by molar-refractivity contribution is 0.367. The van der Waals surface area contributed by atoms with Crippen LogP contribution < -0.4 is 9.80 Å². The van der Waals surface area contributed by atoms with Crippen molar-refractivity contribution in [3.05, 3.63) is 42.2 Å². The molecule has 2 aliphatic rings. The smallest absolute Gasteiger partial charge is 0.0552 e. The summed E-state index contributed by atoms with van der Waals surface area (Å²) in [5.74, 6) is 0. The lowest BCUT2D eigenvalue weighted by Gasteiger charge is -2.35.